The predicted molar refractivity (Wildman–Crippen MR) is 102 cm³/mol. The molecule has 0 aromatic rings. The highest BCUT2D eigenvalue weighted by Crippen LogP contribution is 2.18. The number of methoxy groups -OCH3 is 1. The van der Waals surface area contributed by atoms with Crippen molar-refractivity contribution in [1.29, 1.82) is 0 Å². The highest BCUT2D eigenvalue weighted by molar-refractivity contribution is 14.0. The molecule has 0 saturated carbocycles. The fourth-order valence-corrected chi connectivity index (χ4v) is 2.64. The molecule has 0 atom stereocenters. The number of halogens is 1. The Bertz CT molecular complexity index is 329. The molecule has 0 radical (unpaired) electrons. The van der Waals surface area contributed by atoms with Gasteiger partial charge in [0, 0.05) is 26.2 Å². The zero-order valence-corrected chi connectivity index (χ0v) is 16.6. The lowest BCUT2D eigenvalue weighted by Crippen LogP contribution is -2.46. The second-order valence-electron chi connectivity index (χ2n) is 5.58. The number of hydrogen-bond donors (Lipinski definition) is 1. The summed E-state index contributed by atoms with van der Waals surface area (Å²) in [6.07, 6.45) is 6.66. The van der Waals surface area contributed by atoms with Crippen LogP contribution in [0.15, 0.2) is 4.99 Å². The maximum Gasteiger partial charge on any atom is 0.308 e. The van der Waals surface area contributed by atoms with Crippen molar-refractivity contribution < 1.29 is 9.53 Å². The monoisotopic (exact) mass is 425 g/mol. The van der Waals surface area contributed by atoms with Crippen molar-refractivity contribution in [2.45, 2.75) is 52.4 Å². The van der Waals surface area contributed by atoms with Crippen LogP contribution in [-0.4, -0.2) is 50.1 Å². The van der Waals surface area contributed by atoms with Crippen molar-refractivity contribution in [2.24, 2.45) is 10.9 Å². The summed E-state index contributed by atoms with van der Waals surface area (Å²) < 4.78 is 4.83. The van der Waals surface area contributed by atoms with Gasteiger partial charge in [-0.3, -0.25) is 9.79 Å². The minimum absolute atomic E-state index is 0. The third-order valence-corrected chi connectivity index (χ3v) is 3.94. The molecule has 0 unspecified atom stereocenters. The number of unbranched alkanes of at least 4 members (excludes halogenated alkanes) is 3. The summed E-state index contributed by atoms with van der Waals surface area (Å²) in [5, 5.41) is 3.36. The van der Waals surface area contributed by atoms with E-state index in [1.54, 1.807) is 0 Å². The lowest BCUT2D eigenvalue weighted by atomic mass is 9.97. The molecule has 0 amide bonds. The Labute approximate surface area is 152 Å². The number of piperidine rings is 1. The Morgan fingerprint density at radius 3 is 2.45 bits per heavy atom. The van der Waals surface area contributed by atoms with E-state index in [1.807, 2.05) is 0 Å². The first kappa shape index (κ1) is 21.5. The standard InChI is InChI=1S/C16H31N3O2.HI/c1-4-6-7-8-11-18-16(17-5-2)19-12-9-14(10-13-19)15(20)21-3;/h14H,4-13H2,1-3H3,(H,17,18);1H. The highest BCUT2D eigenvalue weighted by Gasteiger charge is 2.26. The van der Waals surface area contributed by atoms with Gasteiger partial charge in [-0.05, 0) is 26.2 Å². The van der Waals surface area contributed by atoms with Crippen LogP contribution < -0.4 is 5.32 Å². The molecule has 1 heterocycles. The number of likely N-dealkylation sites (tertiary alicyclic amines) is 1. The first-order valence-electron chi connectivity index (χ1n) is 8.34. The topological polar surface area (TPSA) is 53.9 Å². The lowest BCUT2D eigenvalue weighted by molar-refractivity contribution is -0.146. The molecule has 1 N–H and O–H groups in total. The van der Waals surface area contributed by atoms with E-state index in [4.69, 9.17) is 9.73 Å². The van der Waals surface area contributed by atoms with Crippen molar-refractivity contribution in [3.63, 3.8) is 0 Å². The van der Waals surface area contributed by atoms with Gasteiger partial charge in [-0.1, -0.05) is 26.2 Å². The summed E-state index contributed by atoms with van der Waals surface area (Å²) in [4.78, 5) is 18.5. The van der Waals surface area contributed by atoms with Crippen molar-refractivity contribution >= 4 is 35.9 Å². The number of aliphatic imine (C=N–C) groups is 1. The van der Waals surface area contributed by atoms with Crippen LogP contribution in [0.25, 0.3) is 0 Å². The van der Waals surface area contributed by atoms with Crippen LogP contribution in [0.3, 0.4) is 0 Å². The van der Waals surface area contributed by atoms with E-state index < -0.39 is 0 Å². The van der Waals surface area contributed by atoms with Gasteiger partial charge >= 0.3 is 5.97 Å². The van der Waals surface area contributed by atoms with Crippen molar-refractivity contribution in [2.75, 3.05) is 33.3 Å². The highest BCUT2D eigenvalue weighted by atomic mass is 127. The van der Waals surface area contributed by atoms with Gasteiger partial charge in [0.2, 0.25) is 0 Å². The van der Waals surface area contributed by atoms with Crippen LogP contribution in [0.1, 0.15) is 52.4 Å². The molecule has 1 rings (SSSR count). The zero-order valence-electron chi connectivity index (χ0n) is 14.3. The molecular formula is C16H32IN3O2. The summed E-state index contributed by atoms with van der Waals surface area (Å²) in [6, 6.07) is 0. The zero-order chi connectivity index (χ0) is 15.5. The first-order chi connectivity index (χ1) is 10.2. The number of nitrogens with zero attached hydrogens (tertiary/aromatic N) is 2. The molecule has 130 valence electrons. The van der Waals surface area contributed by atoms with Gasteiger partial charge in [0.15, 0.2) is 5.96 Å². The number of carbonyl (C=O) groups excluding carboxylic acids is 1. The van der Waals surface area contributed by atoms with E-state index in [0.717, 1.165) is 51.4 Å². The molecule has 1 fully saturated rings. The maximum atomic E-state index is 11.6. The Morgan fingerprint density at radius 2 is 1.91 bits per heavy atom. The van der Waals surface area contributed by atoms with Crippen molar-refractivity contribution in [1.82, 2.24) is 10.2 Å². The van der Waals surface area contributed by atoms with Crippen molar-refractivity contribution in [3.8, 4) is 0 Å². The molecule has 0 aliphatic carbocycles. The number of carbonyl (C=O) groups is 1. The van der Waals surface area contributed by atoms with E-state index in [-0.39, 0.29) is 35.9 Å². The number of hydrogen-bond acceptors (Lipinski definition) is 3. The van der Waals surface area contributed by atoms with Crippen LogP contribution in [-0.2, 0) is 9.53 Å². The van der Waals surface area contributed by atoms with Crippen LogP contribution in [0.4, 0.5) is 0 Å². The molecule has 1 aliphatic rings. The predicted octanol–water partition coefficient (Wildman–Crippen LogP) is 3.04. The third kappa shape index (κ3) is 7.65. The maximum absolute atomic E-state index is 11.6. The average molecular weight is 425 g/mol. The SMILES string of the molecule is CCCCCCN=C(NCC)N1CCC(C(=O)OC)CC1.I. The fraction of sp³-hybridized carbons (Fsp3) is 0.875. The molecular weight excluding hydrogens is 393 g/mol. The van der Waals surface area contributed by atoms with Crippen molar-refractivity contribution in [3.05, 3.63) is 0 Å². The van der Waals surface area contributed by atoms with Crippen LogP contribution in [0, 0.1) is 5.92 Å². The Balaban J connectivity index is 0.00000441. The molecule has 1 saturated heterocycles. The summed E-state index contributed by atoms with van der Waals surface area (Å²) >= 11 is 0. The van der Waals surface area contributed by atoms with E-state index in [0.29, 0.717) is 0 Å². The summed E-state index contributed by atoms with van der Waals surface area (Å²) in [5.41, 5.74) is 0. The number of ether oxygens (including phenoxy) is 1. The van der Waals surface area contributed by atoms with Gasteiger partial charge in [0.05, 0.1) is 13.0 Å². The summed E-state index contributed by atoms with van der Waals surface area (Å²) in [7, 11) is 1.47. The second-order valence-corrected chi connectivity index (χ2v) is 5.58. The quantitative estimate of drug-likeness (QED) is 0.224. The normalized spacial score (nSPS) is 16.1. The van der Waals surface area contributed by atoms with Gasteiger partial charge in [-0.2, -0.15) is 0 Å². The molecule has 0 aromatic carbocycles. The smallest absolute Gasteiger partial charge is 0.308 e. The largest absolute Gasteiger partial charge is 0.469 e. The average Bonchev–Trinajstić information content (AvgIpc) is 2.53. The summed E-state index contributed by atoms with van der Waals surface area (Å²) in [6.45, 7) is 7.83. The first-order valence-corrected chi connectivity index (χ1v) is 8.34. The lowest BCUT2D eigenvalue weighted by Gasteiger charge is -2.33. The molecule has 5 nitrogen and oxygen atoms in total. The minimum Gasteiger partial charge on any atom is -0.469 e. The molecule has 22 heavy (non-hydrogen) atoms. The van der Waals surface area contributed by atoms with Gasteiger partial charge in [0.25, 0.3) is 0 Å². The minimum atomic E-state index is -0.0730. The van der Waals surface area contributed by atoms with Gasteiger partial charge in [0.1, 0.15) is 0 Å². The second kappa shape index (κ2) is 13.0. The van der Waals surface area contributed by atoms with Gasteiger partial charge < -0.3 is 15.0 Å². The number of esters is 1. The van der Waals surface area contributed by atoms with Crippen LogP contribution in [0.5, 0.6) is 0 Å². The van der Waals surface area contributed by atoms with E-state index >= 15 is 0 Å². The Kier molecular flexibility index (Phi) is 12.6. The molecule has 0 spiro atoms. The summed E-state index contributed by atoms with van der Waals surface area (Å²) in [5.74, 6) is 0.979. The van der Waals surface area contributed by atoms with E-state index in [9.17, 15) is 4.79 Å². The molecule has 1 aliphatic heterocycles. The Hall–Kier alpha value is -0.530. The van der Waals surface area contributed by atoms with E-state index in [1.165, 1.54) is 26.4 Å². The molecule has 0 bridgehead atoms. The number of nitrogens with one attached hydrogen (secondary N) is 1. The molecule has 6 heteroatoms. The fourth-order valence-electron chi connectivity index (χ4n) is 2.64. The van der Waals surface area contributed by atoms with Gasteiger partial charge in [-0.25, -0.2) is 0 Å². The number of rotatable bonds is 7. The van der Waals surface area contributed by atoms with Crippen LogP contribution in [0.2, 0.25) is 0 Å². The molecule has 0 aromatic heterocycles. The Morgan fingerprint density at radius 1 is 1.23 bits per heavy atom. The van der Waals surface area contributed by atoms with Gasteiger partial charge in [-0.15, -0.1) is 24.0 Å². The van der Waals surface area contributed by atoms with Crippen LogP contribution >= 0.6 is 24.0 Å². The van der Waals surface area contributed by atoms with E-state index in [2.05, 4.69) is 24.1 Å². The third-order valence-electron chi connectivity index (χ3n) is 3.94. The number of guanidine groups is 1.